The number of hydrogen-bond acceptors (Lipinski definition) is 4. The fourth-order valence-corrected chi connectivity index (χ4v) is 3.85. The SMILES string of the molecule is COC(=O)c1ccc([C@@H]2C=C(c3ccsc3C)CCN2C(=O)O)cc1. The lowest BCUT2D eigenvalue weighted by atomic mass is 9.92. The lowest BCUT2D eigenvalue weighted by molar-refractivity contribution is 0.0600. The third kappa shape index (κ3) is 3.44. The van der Waals surface area contributed by atoms with Crippen LogP contribution in [0.2, 0.25) is 0 Å². The van der Waals surface area contributed by atoms with E-state index in [4.69, 9.17) is 4.74 Å². The maximum absolute atomic E-state index is 11.6. The highest BCUT2D eigenvalue weighted by molar-refractivity contribution is 7.10. The minimum atomic E-state index is -0.945. The molecule has 0 aliphatic carbocycles. The number of carboxylic acid groups (broad SMARTS) is 1. The zero-order chi connectivity index (χ0) is 18.0. The van der Waals surface area contributed by atoms with E-state index < -0.39 is 12.1 Å². The lowest BCUT2D eigenvalue weighted by Gasteiger charge is -2.33. The molecule has 6 heteroatoms. The first kappa shape index (κ1) is 17.2. The van der Waals surface area contributed by atoms with E-state index in [1.165, 1.54) is 28.0 Å². The van der Waals surface area contributed by atoms with Crippen LogP contribution in [0.25, 0.3) is 5.57 Å². The number of carbonyl (C=O) groups excluding carboxylic acids is 1. The third-order valence-electron chi connectivity index (χ3n) is 4.44. The van der Waals surface area contributed by atoms with Gasteiger partial charge in [0.2, 0.25) is 0 Å². The molecule has 0 radical (unpaired) electrons. The summed E-state index contributed by atoms with van der Waals surface area (Å²) in [7, 11) is 1.34. The van der Waals surface area contributed by atoms with Gasteiger partial charge < -0.3 is 9.84 Å². The number of rotatable bonds is 3. The number of thiophene rings is 1. The summed E-state index contributed by atoms with van der Waals surface area (Å²) in [5.74, 6) is -0.407. The molecule has 1 aromatic heterocycles. The molecule has 3 rings (SSSR count). The Balaban J connectivity index is 1.98. The average molecular weight is 357 g/mol. The molecule has 0 saturated heterocycles. The molecule has 5 nitrogen and oxygen atoms in total. The standard InChI is InChI=1S/C19H19NO4S/c1-12-16(8-10-25-12)15-7-9-20(19(22)23)17(11-15)13-3-5-14(6-4-13)18(21)24-2/h3-6,8,10-11,17H,7,9H2,1-2H3,(H,22,23)/t17-/m0/s1. The van der Waals surface area contributed by atoms with Crippen molar-refractivity contribution in [2.24, 2.45) is 0 Å². The molecule has 0 spiro atoms. The second kappa shape index (κ2) is 7.11. The summed E-state index contributed by atoms with van der Waals surface area (Å²) in [4.78, 5) is 25.9. The first-order chi connectivity index (χ1) is 12.0. The number of benzene rings is 1. The van der Waals surface area contributed by atoms with Gasteiger partial charge in [0.05, 0.1) is 18.7 Å². The maximum Gasteiger partial charge on any atom is 0.408 e. The lowest BCUT2D eigenvalue weighted by Crippen LogP contribution is -2.36. The molecule has 1 atom stereocenters. The molecule has 2 heterocycles. The molecule has 1 N–H and O–H groups in total. The van der Waals surface area contributed by atoms with Gasteiger partial charge >= 0.3 is 12.1 Å². The van der Waals surface area contributed by atoms with Crippen LogP contribution in [0, 0.1) is 6.92 Å². The van der Waals surface area contributed by atoms with Crippen molar-refractivity contribution < 1.29 is 19.4 Å². The molecule has 0 saturated carbocycles. The van der Waals surface area contributed by atoms with Gasteiger partial charge in [0, 0.05) is 11.4 Å². The van der Waals surface area contributed by atoms with Crippen LogP contribution in [0.4, 0.5) is 4.79 Å². The van der Waals surface area contributed by atoms with Crippen molar-refractivity contribution in [2.45, 2.75) is 19.4 Å². The quantitative estimate of drug-likeness (QED) is 0.829. The van der Waals surface area contributed by atoms with E-state index in [2.05, 4.69) is 18.4 Å². The van der Waals surface area contributed by atoms with E-state index in [1.807, 2.05) is 6.08 Å². The van der Waals surface area contributed by atoms with Crippen molar-refractivity contribution in [1.82, 2.24) is 4.90 Å². The Morgan fingerprint density at radius 2 is 1.96 bits per heavy atom. The van der Waals surface area contributed by atoms with Crippen LogP contribution in [0.5, 0.6) is 0 Å². The van der Waals surface area contributed by atoms with Crippen LogP contribution in [0.1, 0.15) is 38.8 Å². The molecular formula is C19H19NO4S. The largest absolute Gasteiger partial charge is 0.465 e. The Morgan fingerprint density at radius 3 is 2.52 bits per heavy atom. The molecule has 1 aliphatic heterocycles. The minimum Gasteiger partial charge on any atom is -0.465 e. The summed E-state index contributed by atoms with van der Waals surface area (Å²) in [6.07, 6.45) is 1.76. The Bertz CT molecular complexity index is 822. The van der Waals surface area contributed by atoms with Crippen LogP contribution in [-0.4, -0.2) is 35.7 Å². The van der Waals surface area contributed by atoms with Gasteiger partial charge in [0.1, 0.15) is 0 Å². The number of aryl methyl sites for hydroxylation is 1. The molecule has 1 aromatic carbocycles. The van der Waals surface area contributed by atoms with E-state index in [0.717, 1.165) is 5.56 Å². The highest BCUT2D eigenvalue weighted by Gasteiger charge is 2.28. The van der Waals surface area contributed by atoms with Crippen LogP contribution >= 0.6 is 11.3 Å². The fourth-order valence-electron chi connectivity index (χ4n) is 3.11. The zero-order valence-corrected chi connectivity index (χ0v) is 14.9. The second-order valence-corrected chi connectivity index (χ2v) is 6.99. The second-order valence-electron chi connectivity index (χ2n) is 5.87. The molecule has 130 valence electrons. The normalized spacial score (nSPS) is 17.1. The first-order valence-electron chi connectivity index (χ1n) is 7.94. The molecular weight excluding hydrogens is 338 g/mol. The Labute approximate surface area is 150 Å². The number of amides is 1. The Morgan fingerprint density at radius 1 is 1.24 bits per heavy atom. The first-order valence-corrected chi connectivity index (χ1v) is 8.82. The Kier molecular flexibility index (Phi) is 4.90. The van der Waals surface area contributed by atoms with Gasteiger partial charge in [-0.1, -0.05) is 18.2 Å². The third-order valence-corrected chi connectivity index (χ3v) is 5.29. The predicted octanol–water partition coefficient (Wildman–Crippen LogP) is 4.35. The van der Waals surface area contributed by atoms with Crippen molar-refractivity contribution >= 4 is 29.0 Å². The van der Waals surface area contributed by atoms with Crippen molar-refractivity contribution in [2.75, 3.05) is 13.7 Å². The van der Waals surface area contributed by atoms with E-state index in [9.17, 15) is 14.7 Å². The van der Waals surface area contributed by atoms with Gasteiger partial charge in [-0.25, -0.2) is 9.59 Å². The fraction of sp³-hybridized carbons (Fsp3) is 0.263. The van der Waals surface area contributed by atoms with E-state index in [1.54, 1.807) is 35.6 Å². The Hall–Kier alpha value is -2.60. The predicted molar refractivity (Wildman–Crippen MR) is 96.9 cm³/mol. The molecule has 1 amide bonds. The molecule has 2 aromatic rings. The molecule has 0 bridgehead atoms. The molecule has 1 aliphatic rings. The van der Waals surface area contributed by atoms with Gasteiger partial charge in [-0.15, -0.1) is 11.3 Å². The number of ether oxygens (including phenoxy) is 1. The summed E-state index contributed by atoms with van der Waals surface area (Å²) in [6, 6.07) is 8.62. The van der Waals surface area contributed by atoms with Gasteiger partial charge in [-0.3, -0.25) is 4.90 Å². The summed E-state index contributed by atoms with van der Waals surface area (Å²) in [6.45, 7) is 2.52. The number of methoxy groups -OCH3 is 1. The molecule has 0 unspecified atom stereocenters. The number of nitrogens with zero attached hydrogens (tertiary/aromatic N) is 1. The van der Waals surface area contributed by atoms with Crippen molar-refractivity contribution in [3.63, 3.8) is 0 Å². The van der Waals surface area contributed by atoms with Crippen molar-refractivity contribution in [3.05, 3.63) is 63.4 Å². The van der Waals surface area contributed by atoms with Gasteiger partial charge in [-0.05, 0) is 53.6 Å². The zero-order valence-electron chi connectivity index (χ0n) is 14.1. The molecule has 0 fully saturated rings. The highest BCUT2D eigenvalue weighted by atomic mass is 32.1. The van der Waals surface area contributed by atoms with E-state index >= 15 is 0 Å². The summed E-state index contributed by atoms with van der Waals surface area (Å²) in [5.41, 5.74) is 3.63. The van der Waals surface area contributed by atoms with Crippen LogP contribution in [0.15, 0.2) is 41.8 Å². The van der Waals surface area contributed by atoms with Crippen molar-refractivity contribution in [3.8, 4) is 0 Å². The van der Waals surface area contributed by atoms with Crippen LogP contribution in [0.3, 0.4) is 0 Å². The topological polar surface area (TPSA) is 66.8 Å². The number of carbonyl (C=O) groups is 2. The molecule has 25 heavy (non-hydrogen) atoms. The number of hydrogen-bond donors (Lipinski definition) is 1. The van der Waals surface area contributed by atoms with Gasteiger partial charge in [0.25, 0.3) is 0 Å². The number of esters is 1. The maximum atomic E-state index is 11.6. The summed E-state index contributed by atoms with van der Waals surface area (Å²) < 4.78 is 4.71. The summed E-state index contributed by atoms with van der Waals surface area (Å²) >= 11 is 1.69. The average Bonchev–Trinajstić information content (AvgIpc) is 3.06. The monoisotopic (exact) mass is 357 g/mol. The summed E-state index contributed by atoms with van der Waals surface area (Å²) in [5, 5.41) is 11.6. The smallest absolute Gasteiger partial charge is 0.408 e. The van der Waals surface area contributed by atoms with Gasteiger partial charge in [0.15, 0.2) is 0 Å². The van der Waals surface area contributed by atoms with Gasteiger partial charge in [-0.2, -0.15) is 0 Å². The van der Waals surface area contributed by atoms with Crippen LogP contribution < -0.4 is 0 Å². The van der Waals surface area contributed by atoms with Crippen LogP contribution in [-0.2, 0) is 4.74 Å². The highest BCUT2D eigenvalue weighted by Crippen LogP contribution is 2.36. The van der Waals surface area contributed by atoms with Crippen molar-refractivity contribution in [1.29, 1.82) is 0 Å². The van der Waals surface area contributed by atoms with E-state index in [0.29, 0.717) is 18.5 Å². The van der Waals surface area contributed by atoms with E-state index in [-0.39, 0.29) is 6.04 Å². The minimum absolute atomic E-state index is 0.368.